The Kier molecular flexibility index (Phi) is 6.82. The number of hydrogen-bond acceptors (Lipinski definition) is 5. The number of aromatic nitrogens is 2. The third-order valence-corrected chi connectivity index (χ3v) is 5.29. The standard InChI is InChI=1S/C20H31N5O2/c1-27-11-5-10-25-18-8-3-2-7-17(18)23-20(25)15-6-4-9-24(14-15)19(26)12-16(22)13-21/h2-3,7-8,15-16H,4-6,9-14,21-22H2,1H3/t15-,16+/m1/s1. The molecule has 0 unspecified atom stereocenters. The van der Waals surface area contributed by atoms with Gasteiger partial charge in [-0.05, 0) is 31.4 Å². The van der Waals surface area contributed by atoms with Crippen LogP contribution in [0, 0.1) is 0 Å². The summed E-state index contributed by atoms with van der Waals surface area (Å²) in [5.74, 6) is 1.42. The molecule has 3 rings (SSSR count). The maximum absolute atomic E-state index is 12.6. The lowest BCUT2D eigenvalue weighted by Crippen LogP contribution is -2.43. The number of methoxy groups -OCH3 is 1. The van der Waals surface area contributed by atoms with Gasteiger partial charge in [-0.1, -0.05) is 12.1 Å². The van der Waals surface area contributed by atoms with Crippen LogP contribution < -0.4 is 11.5 Å². The number of likely N-dealkylation sites (tertiary alicyclic amines) is 1. The predicted molar refractivity (Wildman–Crippen MR) is 106 cm³/mol. The fraction of sp³-hybridized carbons (Fsp3) is 0.600. The Bertz CT molecular complexity index is 760. The van der Waals surface area contributed by atoms with E-state index >= 15 is 0 Å². The summed E-state index contributed by atoms with van der Waals surface area (Å²) in [6, 6.07) is 7.97. The van der Waals surface area contributed by atoms with Crippen molar-refractivity contribution in [2.75, 3.05) is 33.4 Å². The first kappa shape index (κ1) is 19.8. The van der Waals surface area contributed by atoms with Crippen LogP contribution in [-0.4, -0.2) is 59.8 Å². The number of amides is 1. The first-order chi connectivity index (χ1) is 13.1. The number of imidazole rings is 1. The van der Waals surface area contributed by atoms with Crippen LogP contribution in [0.2, 0.25) is 0 Å². The van der Waals surface area contributed by atoms with Crippen LogP contribution >= 0.6 is 0 Å². The van der Waals surface area contributed by atoms with Crippen molar-refractivity contribution < 1.29 is 9.53 Å². The third-order valence-electron chi connectivity index (χ3n) is 5.29. The Labute approximate surface area is 160 Å². The van der Waals surface area contributed by atoms with Gasteiger partial charge < -0.3 is 25.7 Å². The smallest absolute Gasteiger partial charge is 0.224 e. The molecule has 2 atom stereocenters. The molecule has 7 heteroatoms. The number of benzene rings is 1. The molecule has 7 nitrogen and oxygen atoms in total. The van der Waals surface area contributed by atoms with E-state index in [-0.39, 0.29) is 17.9 Å². The summed E-state index contributed by atoms with van der Waals surface area (Å²) in [5.41, 5.74) is 13.6. The van der Waals surface area contributed by atoms with Crippen molar-refractivity contribution in [3.05, 3.63) is 30.1 Å². The molecular weight excluding hydrogens is 342 g/mol. The maximum atomic E-state index is 12.6. The SMILES string of the molecule is COCCCn1c([C@@H]2CCCN(C(=O)C[C@H](N)CN)C2)nc2ccccc21. The second kappa shape index (κ2) is 9.30. The zero-order valence-electron chi connectivity index (χ0n) is 16.1. The van der Waals surface area contributed by atoms with Crippen molar-refractivity contribution in [1.82, 2.24) is 14.5 Å². The summed E-state index contributed by atoms with van der Waals surface area (Å²) in [6.07, 6.45) is 3.27. The Morgan fingerprint density at radius 1 is 1.41 bits per heavy atom. The quantitative estimate of drug-likeness (QED) is 0.683. The van der Waals surface area contributed by atoms with Crippen molar-refractivity contribution in [3.8, 4) is 0 Å². The van der Waals surface area contributed by atoms with Gasteiger partial charge in [0.25, 0.3) is 0 Å². The number of piperidine rings is 1. The average Bonchev–Trinajstić information content (AvgIpc) is 3.07. The normalized spacial score (nSPS) is 18.8. The summed E-state index contributed by atoms with van der Waals surface area (Å²) >= 11 is 0. The van der Waals surface area contributed by atoms with E-state index in [1.165, 1.54) is 0 Å². The van der Waals surface area contributed by atoms with Crippen LogP contribution in [0.15, 0.2) is 24.3 Å². The predicted octanol–water partition coefficient (Wildman–Crippen LogP) is 1.45. The summed E-state index contributed by atoms with van der Waals surface area (Å²) in [4.78, 5) is 19.4. The molecule has 1 aliphatic heterocycles. The molecule has 0 saturated carbocycles. The highest BCUT2D eigenvalue weighted by Crippen LogP contribution is 2.30. The molecule has 1 aromatic carbocycles. The number of fused-ring (bicyclic) bond motifs is 1. The van der Waals surface area contributed by atoms with E-state index in [1.807, 2.05) is 17.0 Å². The number of hydrogen-bond donors (Lipinski definition) is 2. The molecule has 1 amide bonds. The van der Waals surface area contributed by atoms with E-state index in [4.69, 9.17) is 21.2 Å². The first-order valence-corrected chi connectivity index (χ1v) is 9.81. The highest BCUT2D eigenvalue weighted by atomic mass is 16.5. The van der Waals surface area contributed by atoms with Crippen LogP contribution in [0.4, 0.5) is 0 Å². The maximum Gasteiger partial charge on any atom is 0.224 e. The van der Waals surface area contributed by atoms with Crippen molar-refractivity contribution in [1.29, 1.82) is 0 Å². The number of carbonyl (C=O) groups is 1. The summed E-state index contributed by atoms with van der Waals surface area (Å²) in [6.45, 7) is 3.41. The molecule has 1 aliphatic rings. The Morgan fingerprint density at radius 2 is 2.22 bits per heavy atom. The van der Waals surface area contributed by atoms with E-state index in [0.29, 0.717) is 19.5 Å². The number of ether oxygens (including phenoxy) is 1. The second-order valence-electron chi connectivity index (χ2n) is 7.34. The molecular formula is C20H31N5O2. The van der Waals surface area contributed by atoms with Crippen LogP contribution in [0.25, 0.3) is 11.0 Å². The van der Waals surface area contributed by atoms with Gasteiger partial charge in [0.05, 0.1) is 11.0 Å². The molecule has 0 bridgehead atoms. The van der Waals surface area contributed by atoms with Crippen molar-refractivity contribution in [3.63, 3.8) is 0 Å². The second-order valence-corrected chi connectivity index (χ2v) is 7.34. The lowest BCUT2D eigenvalue weighted by molar-refractivity contribution is -0.132. The van der Waals surface area contributed by atoms with Gasteiger partial charge in [0.15, 0.2) is 0 Å². The van der Waals surface area contributed by atoms with Gasteiger partial charge in [-0.3, -0.25) is 4.79 Å². The van der Waals surface area contributed by atoms with Gasteiger partial charge >= 0.3 is 0 Å². The minimum Gasteiger partial charge on any atom is -0.385 e. The van der Waals surface area contributed by atoms with Gasteiger partial charge in [0.1, 0.15) is 5.82 Å². The molecule has 1 aromatic heterocycles. The van der Waals surface area contributed by atoms with Crippen molar-refractivity contribution in [2.45, 2.75) is 44.2 Å². The van der Waals surface area contributed by atoms with Crippen LogP contribution in [0.5, 0.6) is 0 Å². The zero-order valence-corrected chi connectivity index (χ0v) is 16.1. The average molecular weight is 374 g/mol. The fourth-order valence-corrected chi connectivity index (χ4v) is 3.86. The lowest BCUT2D eigenvalue weighted by atomic mass is 9.96. The molecule has 1 fully saturated rings. The minimum atomic E-state index is -0.267. The number of aryl methyl sites for hydroxylation is 1. The Balaban J connectivity index is 1.81. The largest absolute Gasteiger partial charge is 0.385 e. The van der Waals surface area contributed by atoms with Crippen molar-refractivity contribution >= 4 is 16.9 Å². The van der Waals surface area contributed by atoms with Gasteiger partial charge in [-0.25, -0.2) is 4.98 Å². The summed E-state index contributed by atoms with van der Waals surface area (Å²) in [7, 11) is 1.73. The highest BCUT2D eigenvalue weighted by molar-refractivity contribution is 5.77. The molecule has 2 aromatic rings. The minimum absolute atomic E-state index is 0.0969. The Morgan fingerprint density at radius 3 is 3.00 bits per heavy atom. The van der Waals surface area contributed by atoms with E-state index in [9.17, 15) is 4.79 Å². The van der Waals surface area contributed by atoms with Crippen LogP contribution in [-0.2, 0) is 16.1 Å². The van der Waals surface area contributed by atoms with Gasteiger partial charge in [0.2, 0.25) is 5.91 Å². The first-order valence-electron chi connectivity index (χ1n) is 9.81. The molecule has 0 aliphatic carbocycles. The summed E-state index contributed by atoms with van der Waals surface area (Å²) in [5, 5.41) is 0. The molecule has 1 saturated heterocycles. The molecule has 0 radical (unpaired) electrons. The number of rotatable bonds is 8. The molecule has 148 valence electrons. The van der Waals surface area contributed by atoms with E-state index in [2.05, 4.69) is 16.7 Å². The van der Waals surface area contributed by atoms with Gasteiger partial charge in [-0.2, -0.15) is 0 Å². The topological polar surface area (TPSA) is 99.4 Å². The number of carbonyl (C=O) groups excluding carboxylic acids is 1. The monoisotopic (exact) mass is 373 g/mol. The molecule has 4 N–H and O–H groups in total. The number of nitrogens with zero attached hydrogens (tertiary/aromatic N) is 3. The fourth-order valence-electron chi connectivity index (χ4n) is 3.86. The van der Waals surface area contributed by atoms with Crippen LogP contribution in [0.3, 0.4) is 0 Å². The lowest BCUT2D eigenvalue weighted by Gasteiger charge is -2.33. The van der Waals surface area contributed by atoms with Crippen LogP contribution in [0.1, 0.15) is 37.4 Å². The van der Waals surface area contributed by atoms with E-state index < -0.39 is 0 Å². The Hall–Kier alpha value is -1.96. The van der Waals surface area contributed by atoms with E-state index in [0.717, 1.165) is 55.8 Å². The zero-order chi connectivity index (χ0) is 19.2. The molecule has 2 heterocycles. The highest BCUT2D eigenvalue weighted by Gasteiger charge is 2.29. The van der Waals surface area contributed by atoms with Gasteiger partial charge in [0, 0.05) is 58.3 Å². The van der Waals surface area contributed by atoms with Gasteiger partial charge in [-0.15, -0.1) is 0 Å². The molecule has 27 heavy (non-hydrogen) atoms. The summed E-state index contributed by atoms with van der Waals surface area (Å²) < 4.78 is 7.53. The van der Waals surface area contributed by atoms with E-state index in [1.54, 1.807) is 7.11 Å². The number of para-hydroxylation sites is 2. The number of nitrogens with two attached hydrogens (primary N) is 2. The molecule has 0 spiro atoms. The third kappa shape index (κ3) is 4.66. The van der Waals surface area contributed by atoms with Crippen molar-refractivity contribution in [2.24, 2.45) is 11.5 Å².